The quantitative estimate of drug-likeness (QED) is 0.441. The van der Waals surface area contributed by atoms with Gasteiger partial charge in [0.05, 0.1) is 0 Å². The fraction of sp³-hybridized carbons (Fsp3) is 0.846. The van der Waals surface area contributed by atoms with Crippen molar-refractivity contribution in [1.82, 2.24) is 15.5 Å². The van der Waals surface area contributed by atoms with Crippen LogP contribution in [0.5, 0.6) is 0 Å². The summed E-state index contributed by atoms with van der Waals surface area (Å²) in [6, 6.07) is 0.506. The summed E-state index contributed by atoms with van der Waals surface area (Å²) in [4.78, 5) is 17.4. The molecule has 2 N–H and O–H groups in total. The molecule has 19 heavy (non-hydrogen) atoms. The number of amides is 1. The van der Waals surface area contributed by atoms with Crippen molar-refractivity contribution in [3.8, 4) is 0 Å². The lowest BCUT2D eigenvalue weighted by atomic mass is 9.96. The van der Waals surface area contributed by atoms with E-state index in [2.05, 4.69) is 15.6 Å². The highest BCUT2D eigenvalue weighted by Crippen LogP contribution is 2.17. The van der Waals surface area contributed by atoms with Crippen molar-refractivity contribution < 1.29 is 4.79 Å². The Bertz CT molecular complexity index is 288. The Morgan fingerprint density at radius 2 is 1.89 bits per heavy atom. The highest BCUT2D eigenvalue weighted by molar-refractivity contribution is 14.0. The summed E-state index contributed by atoms with van der Waals surface area (Å²) in [5, 5.41) is 6.61. The number of guanidine groups is 1. The zero-order valence-corrected chi connectivity index (χ0v) is 14.6. The first-order chi connectivity index (χ1) is 8.63. The molecular weight excluding hydrogens is 355 g/mol. The van der Waals surface area contributed by atoms with Crippen LogP contribution < -0.4 is 10.6 Å². The first kappa shape index (κ1) is 18.5. The van der Waals surface area contributed by atoms with E-state index in [4.69, 9.17) is 0 Å². The topological polar surface area (TPSA) is 56.7 Å². The number of hydrogen-bond acceptors (Lipinski definition) is 2. The standard InChI is InChI=1S/C13H26N4O.HI/c1-4-14-13(15-10-12(18)17(2)3)16-11-8-6-5-7-9-11;/h11H,4-10H2,1-3H3,(H2,14,15,16);1H. The molecule has 0 aromatic rings. The minimum absolute atomic E-state index is 0. The summed E-state index contributed by atoms with van der Waals surface area (Å²) in [7, 11) is 3.50. The van der Waals surface area contributed by atoms with E-state index in [1.807, 2.05) is 6.92 Å². The van der Waals surface area contributed by atoms with Crippen LogP contribution >= 0.6 is 24.0 Å². The number of rotatable bonds is 4. The average molecular weight is 382 g/mol. The number of carbonyl (C=O) groups is 1. The molecule has 0 bridgehead atoms. The van der Waals surface area contributed by atoms with Crippen LogP contribution in [-0.2, 0) is 4.79 Å². The molecule has 0 spiro atoms. The normalized spacial score (nSPS) is 16.5. The van der Waals surface area contributed by atoms with Gasteiger partial charge in [-0.1, -0.05) is 19.3 Å². The van der Waals surface area contributed by atoms with E-state index in [1.165, 1.54) is 32.1 Å². The molecule has 1 fully saturated rings. The number of hydrogen-bond donors (Lipinski definition) is 2. The van der Waals surface area contributed by atoms with Gasteiger partial charge in [-0.2, -0.15) is 0 Å². The van der Waals surface area contributed by atoms with Crippen LogP contribution in [0.2, 0.25) is 0 Å². The van der Waals surface area contributed by atoms with E-state index in [-0.39, 0.29) is 36.4 Å². The Balaban J connectivity index is 0.00000324. The van der Waals surface area contributed by atoms with Crippen LogP contribution in [0.15, 0.2) is 4.99 Å². The van der Waals surface area contributed by atoms with Gasteiger partial charge in [-0.3, -0.25) is 4.79 Å². The SMILES string of the molecule is CCNC(=NCC(=O)N(C)C)NC1CCCCC1.I. The number of likely N-dealkylation sites (N-methyl/N-ethyl adjacent to an activating group) is 1. The fourth-order valence-electron chi connectivity index (χ4n) is 2.05. The zero-order valence-electron chi connectivity index (χ0n) is 12.2. The first-order valence-corrected chi connectivity index (χ1v) is 6.88. The number of halogens is 1. The third-order valence-corrected chi connectivity index (χ3v) is 3.16. The molecule has 0 radical (unpaired) electrons. The summed E-state index contributed by atoms with van der Waals surface area (Å²) in [5.41, 5.74) is 0. The number of nitrogens with one attached hydrogen (secondary N) is 2. The first-order valence-electron chi connectivity index (χ1n) is 6.88. The van der Waals surface area contributed by atoms with Crippen LogP contribution in [0.1, 0.15) is 39.0 Å². The van der Waals surface area contributed by atoms with Gasteiger partial charge >= 0.3 is 0 Å². The molecule has 1 aliphatic rings. The number of aliphatic imine (C=N–C) groups is 1. The van der Waals surface area contributed by atoms with Gasteiger partial charge in [0.25, 0.3) is 0 Å². The molecule has 1 saturated carbocycles. The van der Waals surface area contributed by atoms with Crippen molar-refractivity contribution in [2.45, 2.75) is 45.1 Å². The predicted octanol–water partition coefficient (Wildman–Crippen LogP) is 1.58. The highest BCUT2D eigenvalue weighted by atomic mass is 127. The second-order valence-corrected chi connectivity index (χ2v) is 4.96. The summed E-state index contributed by atoms with van der Waals surface area (Å²) in [6.07, 6.45) is 6.31. The Morgan fingerprint density at radius 1 is 1.26 bits per heavy atom. The van der Waals surface area contributed by atoms with Crippen molar-refractivity contribution in [2.75, 3.05) is 27.2 Å². The van der Waals surface area contributed by atoms with Gasteiger partial charge < -0.3 is 15.5 Å². The van der Waals surface area contributed by atoms with Crippen molar-refractivity contribution in [3.63, 3.8) is 0 Å². The van der Waals surface area contributed by atoms with Gasteiger partial charge in [0, 0.05) is 26.7 Å². The lowest BCUT2D eigenvalue weighted by Gasteiger charge is -2.24. The van der Waals surface area contributed by atoms with Crippen molar-refractivity contribution >= 4 is 35.8 Å². The maximum absolute atomic E-state index is 11.5. The molecule has 0 heterocycles. The Kier molecular flexibility index (Phi) is 9.99. The highest BCUT2D eigenvalue weighted by Gasteiger charge is 2.14. The molecule has 0 atom stereocenters. The van der Waals surface area contributed by atoms with Gasteiger partial charge in [0.2, 0.25) is 5.91 Å². The van der Waals surface area contributed by atoms with Crippen molar-refractivity contribution in [3.05, 3.63) is 0 Å². The molecule has 0 aromatic heterocycles. The molecular formula is C13H27IN4O. The molecule has 1 amide bonds. The monoisotopic (exact) mass is 382 g/mol. The maximum atomic E-state index is 11.5. The second-order valence-electron chi connectivity index (χ2n) is 4.96. The largest absolute Gasteiger partial charge is 0.357 e. The summed E-state index contributed by atoms with van der Waals surface area (Å²) < 4.78 is 0. The zero-order chi connectivity index (χ0) is 13.4. The Hall–Kier alpha value is -0.530. The molecule has 112 valence electrons. The van der Waals surface area contributed by atoms with E-state index >= 15 is 0 Å². The predicted molar refractivity (Wildman–Crippen MR) is 90.1 cm³/mol. The van der Waals surface area contributed by atoms with E-state index in [0.29, 0.717) is 6.04 Å². The van der Waals surface area contributed by atoms with E-state index in [1.54, 1.807) is 19.0 Å². The lowest BCUT2D eigenvalue weighted by molar-refractivity contribution is -0.127. The summed E-state index contributed by atoms with van der Waals surface area (Å²) in [5.74, 6) is 0.787. The fourth-order valence-corrected chi connectivity index (χ4v) is 2.05. The van der Waals surface area contributed by atoms with Crippen LogP contribution in [0.3, 0.4) is 0 Å². The minimum atomic E-state index is 0. The van der Waals surface area contributed by atoms with Crippen LogP contribution in [0.4, 0.5) is 0 Å². The van der Waals surface area contributed by atoms with Crippen molar-refractivity contribution in [2.24, 2.45) is 4.99 Å². The van der Waals surface area contributed by atoms with Gasteiger partial charge in [-0.15, -0.1) is 24.0 Å². The average Bonchev–Trinajstić information content (AvgIpc) is 2.37. The molecule has 6 heteroatoms. The molecule has 1 rings (SSSR count). The molecule has 0 unspecified atom stereocenters. The van der Waals surface area contributed by atoms with E-state index < -0.39 is 0 Å². The molecule has 5 nitrogen and oxygen atoms in total. The van der Waals surface area contributed by atoms with E-state index in [0.717, 1.165) is 12.5 Å². The second kappa shape index (κ2) is 10.3. The molecule has 1 aliphatic carbocycles. The number of carbonyl (C=O) groups excluding carboxylic acids is 1. The third-order valence-electron chi connectivity index (χ3n) is 3.16. The third kappa shape index (κ3) is 7.59. The smallest absolute Gasteiger partial charge is 0.243 e. The maximum Gasteiger partial charge on any atom is 0.243 e. The van der Waals surface area contributed by atoms with Crippen LogP contribution in [-0.4, -0.2) is 50.0 Å². The molecule has 0 aliphatic heterocycles. The molecule has 0 aromatic carbocycles. The van der Waals surface area contributed by atoms with Gasteiger partial charge in [0.1, 0.15) is 6.54 Å². The minimum Gasteiger partial charge on any atom is -0.357 e. The van der Waals surface area contributed by atoms with Gasteiger partial charge in [-0.05, 0) is 19.8 Å². The summed E-state index contributed by atoms with van der Waals surface area (Å²) in [6.45, 7) is 3.05. The van der Waals surface area contributed by atoms with Crippen LogP contribution in [0, 0.1) is 0 Å². The summed E-state index contributed by atoms with van der Waals surface area (Å²) >= 11 is 0. The Labute approximate surface area is 133 Å². The Morgan fingerprint density at radius 3 is 2.42 bits per heavy atom. The number of nitrogens with zero attached hydrogens (tertiary/aromatic N) is 2. The lowest BCUT2D eigenvalue weighted by Crippen LogP contribution is -2.44. The van der Waals surface area contributed by atoms with Gasteiger partial charge in [0.15, 0.2) is 5.96 Å². The van der Waals surface area contributed by atoms with Crippen molar-refractivity contribution in [1.29, 1.82) is 0 Å². The van der Waals surface area contributed by atoms with Crippen LogP contribution in [0.25, 0.3) is 0 Å². The molecule has 0 saturated heterocycles. The van der Waals surface area contributed by atoms with Gasteiger partial charge in [-0.25, -0.2) is 4.99 Å². The van der Waals surface area contributed by atoms with E-state index in [9.17, 15) is 4.79 Å².